The summed E-state index contributed by atoms with van der Waals surface area (Å²) >= 11 is 12.1. The molecule has 3 unspecified atom stereocenters. The van der Waals surface area contributed by atoms with Gasteiger partial charge in [0.25, 0.3) is 0 Å². The van der Waals surface area contributed by atoms with E-state index in [9.17, 15) is 43.2 Å². The van der Waals surface area contributed by atoms with E-state index in [0.29, 0.717) is 5.56 Å². The Morgan fingerprint density at radius 3 is 2.14 bits per heavy atom. The highest BCUT2D eigenvalue weighted by Gasteiger charge is 2.26. The Morgan fingerprint density at radius 2 is 1.47 bits per heavy atom. The van der Waals surface area contributed by atoms with Crippen LogP contribution in [-0.2, 0) is 49.6 Å². The van der Waals surface area contributed by atoms with E-state index < -0.39 is 97.5 Å². The first-order valence-corrected chi connectivity index (χ1v) is 15.8. The predicted molar refractivity (Wildman–Crippen MR) is 174 cm³/mol. The minimum Gasteiger partial charge on any atom is -0.368 e. The molecule has 1 aliphatic rings. The molecule has 1 aromatic rings. The molecule has 20 heteroatoms. The quantitative estimate of drug-likeness (QED) is 0.141. The van der Waals surface area contributed by atoms with Crippen LogP contribution in [0.1, 0.15) is 38.2 Å². The summed E-state index contributed by atoms with van der Waals surface area (Å²) in [5, 5.41) is 19.6. The third-order valence-electron chi connectivity index (χ3n) is 6.85. The van der Waals surface area contributed by atoms with Gasteiger partial charge in [-0.3, -0.25) is 43.2 Å². The maximum atomic E-state index is 13.1. The Labute approximate surface area is 291 Å². The van der Waals surface area contributed by atoms with E-state index in [1.54, 1.807) is 6.07 Å². The van der Waals surface area contributed by atoms with Crippen molar-refractivity contribution in [1.29, 1.82) is 0 Å². The van der Waals surface area contributed by atoms with Crippen LogP contribution in [0.2, 0.25) is 10.0 Å². The third-order valence-corrected chi connectivity index (χ3v) is 7.59. The van der Waals surface area contributed by atoms with Gasteiger partial charge >= 0.3 is 0 Å². The Balaban J connectivity index is 2.27. The molecule has 268 valence electrons. The van der Waals surface area contributed by atoms with Crippen LogP contribution in [0.15, 0.2) is 18.2 Å². The number of nitrogens with two attached hydrogens (primary N) is 1. The molecule has 9 amide bonds. The van der Waals surface area contributed by atoms with Gasteiger partial charge in [-0.15, -0.1) is 0 Å². The van der Waals surface area contributed by atoms with E-state index in [1.807, 2.05) is 0 Å². The highest BCUT2D eigenvalue weighted by atomic mass is 35.5. The molecule has 3 atom stereocenters. The van der Waals surface area contributed by atoms with Gasteiger partial charge in [-0.05, 0) is 37.0 Å². The zero-order chi connectivity index (χ0) is 36.5. The minimum absolute atomic E-state index is 0.0524. The van der Waals surface area contributed by atoms with Crippen molar-refractivity contribution in [2.24, 2.45) is 5.73 Å². The molecular formula is C29H39Cl2N9O9. The van der Waals surface area contributed by atoms with Crippen LogP contribution in [0.25, 0.3) is 0 Å². The summed E-state index contributed by atoms with van der Waals surface area (Å²) in [6.45, 7) is -0.963. The van der Waals surface area contributed by atoms with Crippen LogP contribution in [0.3, 0.4) is 0 Å². The molecule has 1 fully saturated rings. The van der Waals surface area contributed by atoms with E-state index in [1.165, 1.54) is 19.1 Å². The van der Waals surface area contributed by atoms with Gasteiger partial charge in [0.2, 0.25) is 53.2 Å². The molecule has 1 heterocycles. The van der Waals surface area contributed by atoms with Crippen molar-refractivity contribution in [1.82, 2.24) is 42.5 Å². The van der Waals surface area contributed by atoms with Gasteiger partial charge in [-0.2, -0.15) is 0 Å². The Bertz CT molecular complexity index is 1440. The van der Waals surface area contributed by atoms with E-state index in [0.717, 1.165) is 0 Å². The van der Waals surface area contributed by atoms with Gasteiger partial charge in [0.05, 0.1) is 36.2 Å². The van der Waals surface area contributed by atoms with Crippen LogP contribution in [-0.4, -0.2) is 104 Å². The minimum atomic E-state index is -1.30. The van der Waals surface area contributed by atoms with Gasteiger partial charge in [0.1, 0.15) is 18.1 Å². The topological polar surface area (TPSA) is 276 Å². The van der Waals surface area contributed by atoms with Gasteiger partial charge < -0.3 is 48.3 Å². The first-order chi connectivity index (χ1) is 23.1. The van der Waals surface area contributed by atoms with Crippen molar-refractivity contribution in [3.8, 4) is 0 Å². The van der Waals surface area contributed by atoms with Crippen LogP contribution in [0.4, 0.5) is 0 Å². The number of primary amides is 1. The van der Waals surface area contributed by atoms with E-state index in [4.69, 9.17) is 28.9 Å². The Morgan fingerprint density at radius 1 is 0.816 bits per heavy atom. The second kappa shape index (κ2) is 20.4. The molecular weight excluding hydrogens is 689 g/mol. The normalized spacial score (nSPS) is 21.0. The molecule has 2 rings (SSSR count). The largest absolute Gasteiger partial charge is 0.368 e. The molecule has 10 N–H and O–H groups in total. The molecule has 0 radical (unpaired) electrons. The van der Waals surface area contributed by atoms with E-state index in [2.05, 4.69) is 42.5 Å². The average molecular weight is 729 g/mol. The van der Waals surface area contributed by atoms with E-state index >= 15 is 0 Å². The summed E-state index contributed by atoms with van der Waals surface area (Å²) in [4.78, 5) is 112. The maximum Gasteiger partial charge on any atom is 0.243 e. The van der Waals surface area contributed by atoms with Crippen molar-refractivity contribution in [3.63, 3.8) is 0 Å². The van der Waals surface area contributed by atoms with E-state index in [-0.39, 0.29) is 48.7 Å². The lowest BCUT2D eigenvalue weighted by molar-refractivity contribution is -0.132. The number of hydrogen-bond donors (Lipinski definition) is 9. The highest BCUT2D eigenvalue weighted by molar-refractivity contribution is 6.42. The summed E-state index contributed by atoms with van der Waals surface area (Å²) in [6, 6.07) is 0.829. The number of benzene rings is 1. The van der Waals surface area contributed by atoms with Gasteiger partial charge in [0, 0.05) is 26.3 Å². The Hall–Kier alpha value is -4.97. The number of nitrogens with one attached hydrogen (secondary N) is 8. The van der Waals surface area contributed by atoms with Crippen LogP contribution < -0.4 is 48.3 Å². The van der Waals surface area contributed by atoms with Crippen molar-refractivity contribution >= 4 is 76.4 Å². The van der Waals surface area contributed by atoms with Crippen LogP contribution >= 0.6 is 23.2 Å². The van der Waals surface area contributed by atoms with Crippen molar-refractivity contribution in [3.05, 3.63) is 33.8 Å². The number of amides is 9. The molecule has 18 nitrogen and oxygen atoms in total. The van der Waals surface area contributed by atoms with Crippen LogP contribution in [0.5, 0.6) is 0 Å². The average Bonchev–Trinajstić information content (AvgIpc) is 3.04. The number of halogens is 2. The zero-order valence-electron chi connectivity index (χ0n) is 26.5. The second-order valence-corrected chi connectivity index (χ2v) is 11.7. The van der Waals surface area contributed by atoms with Crippen molar-refractivity contribution in [2.75, 3.05) is 32.7 Å². The number of carbonyl (C=O) groups excluding carboxylic acids is 9. The first kappa shape index (κ1) is 40.2. The lowest BCUT2D eigenvalue weighted by Crippen LogP contribution is -2.54. The first-order valence-electron chi connectivity index (χ1n) is 15.1. The van der Waals surface area contributed by atoms with Crippen molar-refractivity contribution < 1.29 is 43.2 Å². The number of rotatable bonds is 6. The molecule has 1 aliphatic heterocycles. The standard InChI is InChI=1S/C29H39Cl2N9O9/c1-15(41)34-12-24(44)39-20-6-7-22(42)33-8-2-3-19(27(32)47)38-25(45)13-35-23(43)11-36-29(49)21(40-26(46)14-37-28(20)48)10-16-4-5-17(30)18(31)9-16/h4-5,9,19-21H,2-3,6-8,10-14H2,1H3,(H2,32,47)(H,33,42)(H,34,41)(H,35,43)(H,36,49)(H,37,48)(H,38,45)(H,39,44)(H,40,46). The monoisotopic (exact) mass is 727 g/mol. The lowest BCUT2D eigenvalue weighted by atomic mass is 10.0. The van der Waals surface area contributed by atoms with Gasteiger partial charge in [-0.25, -0.2) is 0 Å². The maximum absolute atomic E-state index is 13.1. The van der Waals surface area contributed by atoms with Crippen LogP contribution in [0, 0.1) is 0 Å². The molecule has 1 aromatic carbocycles. The molecule has 0 aromatic heterocycles. The third kappa shape index (κ3) is 15.7. The summed E-state index contributed by atoms with van der Waals surface area (Å²) in [7, 11) is 0. The fourth-order valence-electron chi connectivity index (χ4n) is 4.33. The SMILES string of the molecule is CC(=O)NCC(=O)NC1CCC(=O)NCCCC(C(N)=O)NC(=O)CNC(=O)CNC(=O)C(Cc2ccc(Cl)c(Cl)c2)NC(=O)CNC1=O. The summed E-state index contributed by atoms with van der Waals surface area (Å²) in [6.07, 6.45) is -0.288. The van der Waals surface area contributed by atoms with Crippen molar-refractivity contribution in [2.45, 2.75) is 57.2 Å². The number of hydrogen-bond acceptors (Lipinski definition) is 9. The second-order valence-electron chi connectivity index (χ2n) is 10.9. The summed E-state index contributed by atoms with van der Waals surface area (Å²) in [5.74, 6) is -6.54. The highest BCUT2D eigenvalue weighted by Crippen LogP contribution is 2.23. The molecule has 0 saturated carbocycles. The Kier molecular flexibility index (Phi) is 16.7. The number of carbonyl (C=O) groups is 9. The fraction of sp³-hybridized carbons (Fsp3) is 0.483. The summed E-state index contributed by atoms with van der Waals surface area (Å²) in [5.41, 5.74) is 5.86. The fourth-order valence-corrected chi connectivity index (χ4v) is 4.65. The molecule has 0 aliphatic carbocycles. The smallest absolute Gasteiger partial charge is 0.243 e. The summed E-state index contributed by atoms with van der Waals surface area (Å²) < 4.78 is 0. The predicted octanol–water partition coefficient (Wildman–Crippen LogP) is -3.35. The molecule has 1 saturated heterocycles. The molecule has 49 heavy (non-hydrogen) atoms. The zero-order valence-corrected chi connectivity index (χ0v) is 28.1. The lowest BCUT2D eigenvalue weighted by Gasteiger charge is -2.21. The van der Waals surface area contributed by atoms with Gasteiger partial charge in [-0.1, -0.05) is 29.3 Å². The molecule has 0 bridgehead atoms. The van der Waals surface area contributed by atoms with Gasteiger partial charge in [0.15, 0.2) is 0 Å². The molecule has 0 spiro atoms.